The summed E-state index contributed by atoms with van der Waals surface area (Å²) in [5.74, 6) is 0. The Morgan fingerprint density at radius 2 is 1.64 bits per heavy atom. The summed E-state index contributed by atoms with van der Waals surface area (Å²) in [6.07, 6.45) is 1.97. The lowest BCUT2D eigenvalue weighted by Gasteiger charge is -2.39. The molecule has 2 heteroatoms. The summed E-state index contributed by atoms with van der Waals surface area (Å²) in [6, 6.07) is 10.9. The molecule has 0 aliphatic heterocycles. The fourth-order valence-electron chi connectivity index (χ4n) is 2.92. The molecule has 0 radical (unpaired) electrons. The van der Waals surface area contributed by atoms with E-state index in [2.05, 4.69) is 82.7 Å². The van der Waals surface area contributed by atoms with Crippen LogP contribution in [-0.2, 0) is 5.41 Å². The summed E-state index contributed by atoms with van der Waals surface area (Å²) in [5.41, 5.74) is 2.32. The molecule has 0 saturated carbocycles. The van der Waals surface area contributed by atoms with E-state index in [1.807, 2.05) is 19.2 Å². The van der Waals surface area contributed by atoms with Gasteiger partial charge in [0.1, 0.15) is 0 Å². The minimum Gasteiger partial charge on any atom is -0.381 e. The van der Waals surface area contributed by atoms with Crippen LogP contribution in [0.4, 0.5) is 0 Å². The summed E-state index contributed by atoms with van der Waals surface area (Å²) >= 11 is 0. The van der Waals surface area contributed by atoms with Crippen molar-refractivity contribution in [3.8, 4) is 0 Å². The zero-order valence-corrected chi connectivity index (χ0v) is 15.0. The van der Waals surface area contributed by atoms with Crippen molar-refractivity contribution in [3.05, 3.63) is 60.8 Å². The molecule has 0 heterocycles. The van der Waals surface area contributed by atoms with E-state index in [1.165, 1.54) is 5.56 Å². The van der Waals surface area contributed by atoms with E-state index in [0.29, 0.717) is 0 Å². The minimum atomic E-state index is -0.0658. The van der Waals surface area contributed by atoms with Crippen molar-refractivity contribution in [3.63, 3.8) is 0 Å². The van der Waals surface area contributed by atoms with Gasteiger partial charge in [-0.3, -0.25) is 0 Å². The Balaban J connectivity index is 3.00. The van der Waals surface area contributed by atoms with Gasteiger partial charge in [0.2, 0.25) is 0 Å². The molecule has 2 unspecified atom stereocenters. The second-order valence-electron chi connectivity index (χ2n) is 7.56. The molecule has 0 fully saturated rings. The van der Waals surface area contributed by atoms with Gasteiger partial charge in [0.25, 0.3) is 0 Å². The molecule has 1 aromatic carbocycles. The van der Waals surface area contributed by atoms with Gasteiger partial charge in [-0.1, -0.05) is 77.6 Å². The number of hydrogen-bond acceptors (Lipinski definition) is 2. The van der Waals surface area contributed by atoms with Crippen molar-refractivity contribution in [1.29, 1.82) is 0 Å². The predicted octanol–water partition coefficient (Wildman–Crippen LogP) is 4.26. The third-order valence-corrected chi connectivity index (χ3v) is 4.39. The molecule has 122 valence electrons. The maximum absolute atomic E-state index is 4.30. The Bertz CT molecular complexity index is 494. The maximum Gasteiger partial charge on any atom is 0.0553 e. The molecule has 0 bridgehead atoms. The van der Waals surface area contributed by atoms with E-state index >= 15 is 0 Å². The molecule has 2 atom stereocenters. The SMILES string of the molecule is C=CC(NC(=C)C(NC)C(C)(C)c1ccccc1)C(C)(C)C. The molecule has 0 aromatic heterocycles. The van der Waals surface area contributed by atoms with Crippen molar-refractivity contribution >= 4 is 0 Å². The van der Waals surface area contributed by atoms with Crippen LogP contribution >= 0.6 is 0 Å². The van der Waals surface area contributed by atoms with Crippen LogP contribution in [0.25, 0.3) is 0 Å². The largest absolute Gasteiger partial charge is 0.381 e. The van der Waals surface area contributed by atoms with Gasteiger partial charge in [-0.15, -0.1) is 6.58 Å². The van der Waals surface area contributed by atoms with Gasteiger partial charge in [0.15, 0.2) is 0 Å². The standard InChI is InChI=1S/C20H32N2/c1-9-17(19(3,4)5)22-15(2)18(21-8)20(6,7)16-13-11-10-12-14-16/h9-14,17-18,21-22H,1-2H2,3-8H3. The molecule has 1 aromatic rings. The van der Waals surface area contributed by atoms with Gasteiger partial charge in [-0.05, 0) is 18.0 Å². The van der Waals surface area contributed by atoms with Crippen LogP contribution in [0.15, 0.2) is 55.3 Å². The first-order chi connectivity index (χ1) is 10.1. The van der Waals surface area contributed by atoms with Crippen LogP contribution in [0.2, 0.25) is 0 Å². The molecule has 0 aliphatic rings. The zero-order valence-electron chi connectivity index (χ0n) is 15.0. The molecule has 22 heavy (non-hydrogen) atoms. The quantitative estimate of drug-likeness (QED) is 0.735. The Morgan fingerprint density at radius 1 is 1.09 bits per heavy atom. The zero-order chi connectivity index (χ0) is 17.0. The summed E-state index contributed by atoms with van der Waals surface area (Å²) < 4.78 is 0. The van der Waals surface area contributed by atoms with Gasteiger partial charge in [0.05, 0.1) is 6.04 Å². The van der Waals surface area contributed by atoms with Crippen LogP contribution in [0.3, 0.4) is 0 Å². The summed E-state index contributed by atoms with van der Waals surface area (Å²) in [7, 11) is 1.99. The second-order valence-corrected chi connectivity index (χ2v) is 7.56. The van der Waals surface area contributed by atoms with Crippen LogP contribution in [-0.4, -0.2) is 19.1 Å². The Morgan fingerprint density at radius 3 is 2.05 bits per heavy atom. The summed E-state index contributed by atoms with van der Waals surface area (Å²) in [5, 5.41) is 6.98. The molecule has 2 N–H and O–H groups in total. The fraction of sp³-hybridized carbons (Fsp3) is 0.500. The highest BCUT2D eigenvalue weighted by molar-refractivity contribution is 5.30. The Hall–Kier alpha value is -1.54. The number of rotatable bonds is 7. The monoisotopic (exact) mass is 300 g/mol. The van der Waals surface area contributed by atoms with Crippen LogP contribution < -0.4 is 10.6 Å². The number of likely N-dealkylation sites (N-methyl/N-ethyl adjacent to an activating group) is 1. The third-order valence-electron chi connectivity index (χ3n) is 4.39. The van der Waals surface area contributed by atoms with E-state index in [4.69, 9.17) is 0 Å². The van der Waals surface area contributed by atoms with Crippen molar-refractivity contribution in [1.82, 2.24) is 10.6 Å². The molecule has 2 nitrogen and oxygen atoms in total. The highest BCUT2D eigenvalue weighted by atomic mass is 15.0. The molecular weight excluding hydrogens is 268 g/mol. The smallest absolute Gasteiger partial charge is 0.0553 e. The molecule has 1 rings (SSSR count). The van der Waals surface area contributed by atoms with Crippen molar-refractivity contribution in [2.45, 2.75) is 52.1 Å². The third kappa shape index (κ3) is 4.23. The Labute approximate surface area is 136 Å². The summed E-state index contributed by atoms with van der Waals surface area (Å²) in [6.45, 7) is 19.4. The van der Waals surface area contributed by atoms with E-state index in [9.17, 15) is 0 Å². The van der Waals surface area contributed by atoms with E-state index < -0.39 is 0 Å². The van der Waals surface area contributed by atoms with E-state index in [-0.39, 0.29) is 22.9 Å². The highest BCUT2D eigenvalue weighted by Crippen LogP contribution is 2.30. The number of nitrogens with one attached hydrogen (secondary N) is 2. The lowest BCUT2D eigenvalue weighted by Crippen LogP contribution is -2.50. The first-order valence-corrected chi connectivity index (χ1v) is 7.95. The van der Waals surface area contributed by atoms with E-state index in [0.717, 1.165) is 5.70 Å². The van der Waals surface area contributed by atoms with Gasteiger partial charge in [0, 0.05) is 17.2 Å². The van der Waals surface area contributed by atoms with Crippen molar-refractivity contribution < 1.29 is 0 Å². The van der Waals surface area contributed by atoms with Crippen LogP contribution in [0, 0.1) is 5.41 Å². The van der Waals surface area contributed by atoms with Gasteiger partial charge >= 0.3 is 0 Å². The van der Waals surface area contributed by atoms with Crippen LogP contribution in [0.5, 0.6) is 0 Å². The van der Waals surface area contributed by atoms with Gasteiger partial charge in [-0.2, -0.15) is 0 Å². The normalized spacial score (nSPS) is 15.0. The topological polar surface area (TPSA) is 24.1 Å². The lowest BCUT2D eigenvalue weighted by atomic mass is 9.76. The first-order valence-electron chi connectivity index (χ1n) is 7.95. The minimum absolute atomic E-state index is 0.0658. The lowest BCUT2D eigenvalue weighted by molar-refractivity contribution is 0.307. The average Bonchev–Trinajstić information content (AvgIpc) is 2.45. The number of hydrogen-bond donors (Lipinski definition) is 2. The van der Waals surface area contributed by atoms with Gasteiger partial charge in [-0.25, -0.2) is 0 Å². The molecule has 0 aliphatic carbocycles. The average molecular weight is 300 g/mol. The van der Waals surface area contributed by atoms with Crippen molar-refractivity contribution in [2.75, 3.05) is 7.05 Å². The van der Waals surface area contributed by atoms with E-state index in [1.54, 1.807) is 0 Å². The van der Waals surface area contributed by atoms with Crippen molar-refractivity contribution in [2.24, 2.45) is 5.41 Å². The molecular formula is C20H32N2. The summed E-state index contributed by atoms with van der Waals surface area (Å²) in [4.78, 5) is 0. The predicted molar refractivity (Wildman–Crippen MR) is 98.0 cm³/mol. The first kappa shape index (κ1) is 18.5. The number of benzene rings is 1. The second kappa shape index (κ2) is 7.15. The molecule has 0 saturated heterocycles. The fourth-order valence-corrected chi connectivity index (χ4v) is 2.92. The highest BCUT2D eigenvalue weighted by Gasteiger charge is 2.33. The maximum atomic E-state index is 4.30. The Kier molecular flexibility index (Phi) is 6.01. The molecule has 0 spiro atoms. The van der Waals surface area contributed by atoms with Gasteiger partial charge < -0.3 is 10.6 Å². The molecule has 0 amide bonds. The van der Waals surface area contributed by atoms with Crippen LogP contribution in [0.1, 0.15) is 40.2 Å².